The molecular formula is C32H32FN3O6. The van der Waals surface area contributed by atoms with Crippen LogP contribution >= 0.6 is 0 Å². The summed E-state index contributed by atoms with van der Waals surface area (Å²) in [6.07, 6.45) is 0.0617. The second-order valence-electron chi connectivity index (χ2n) is 11.2. The average molecular weight is 574 g/mol. The fourth-order valence-electron chi connectivity index (χ4n) is 6.27. The van der Waals surface area contributed by atoms with Gasteiger partial charge in [0.25, 0.3) is 0 Å². The van der Waals surface area contributed by atoms with Crippen LogP contribution in [-0.2, 0) is 20.6 Å². The molecule has 4 aromatic rings. The van der Waals surface area contributed by atoms with E-state index in [-0.39, 0.29) is 30.3 Å². The molecular weight excluding hydrogens is 541 g/mol. The van der Waals surface area contributed by atoms with Gasteiger partial charge in [-0.05, 0) is 35.7 Å². The number of likely N-dealkylation sites (tertiary alicyclic amines) is 1. The quantitative estimate of drug-likeness (QED) is 0.348. The number of aliphatic hydroxyl groups excluding tert-OH is 1. The molecule has 5 heterocycles. The number of nitrogens with zero attached hydrogens (tertiary/aromatic N) is 2. The lowest BCUT2D eigenvalue weighted by molar-refractivity contribution is 0.0169. The normalized spacial score (nSPS) is 25.2. The number of H-pyrrole nitrogens is 1. The Hall–Kier alpha value is -3.99. The maximum absolute atomic E-state index is 15.2. The molecule has 3 saturated heterocycles. The summed E-state index contributed by atoms with van der Waals surface area (Å²) in [6, 6.07) is 18.9. The summed E-state index contributed by atoms with van der Waals surface area (Å²) < 4.78 is 37.5. The molecule has 3 fully saturated rings. The molecule has 0 aliphatic carbocycles. The summed E-state index contributed by atoms with van der Waals surface area (Å²) >= 11 is 0. The number of halogens is 1. The van der Waals surface area contributed by atoms with Crippen molar-refractivity contribution in [2.45, 2.75) is 37.3 Å². The van der Waals surface area contributed by atoms with E-state index in [9.17, 15) is 9.90 Å². The van der Waals surface area contributed by atoms with Gasteiger partial charge in [-0.3, -0.25) is 0 Å². The molecule has 0 bridgehead atoms. The third kappa shape index (κ3) is 5.10. The van der Waals surface area contributed by atoms with E-state index in [0.29, 0.717) is 55.0 Å². The Morgan fingerprint density at radius 3 is 2.52 bits per heavy atom. The molecule has 0 radical (unpaired) electrons. The van der Waals surface area contributed by atoms with E-state index >= 15 is 4.39 Å². The molecule has 3 aliphatic heterocycles. The van der Waals surface area contributed by atoms with Gasteiger partial charge >= 0.3 is 6.09 Å². The van der Waals surface area contributed by atoms with Crippen LogP contribution in [0, 0.1) is 11.7 Å². The first kappa shape index (κ1) is 26.9. The lowest BCUT2D eigenvalue weighted by atomic mass is 9.96. The number of fused-ring (bicyclic) bond motifs is 2. The van der Waals surface area contributed by atoms with Crippen molar-refractivity contribution in [2.75, 3.05) is 33.4 Å². The van der Waals surface area contributed by atoms with E-state index in [2.05, 4.69) is 9.97 Å². The number of methoxy groups -OCH3 is 1. The molecule has 2 aromatic carbocycles. The number of benzene rings is 2. The smallest absolute Gasteiger partial charge is 0.409 e. The zero-order valence-electron chi connectivity index (χ0n) is 23.2. The number of aromatic amines is 1. The van der Waals surface area contributed by atoms with Crippen molar-refractivity contribution in [1.82, 2.24) is 14.9 Å². The molecule has 3 unspecified atom stereocenters. The Labute approximate surface area is 242 Å². The first-order valence-electron chi connectivity index (χ1n) is 14.2. The minimum Gasteiger partial charge on any atom is -0.489 e. The van der Waals surface area contributed by atoms with Gasteiger partial charge < -0.3 is 33.9 Å². The highest BCUT2D eigenvalue weighted by molar-refractivity contribution is 5.80. The monoisotopic (exact) mass is 573 g/mol. The summed E-state index contributed by atoms with van der Waals surface area (Å²) in [6.45, 7) is 1.94. The summed E-state index contributed by atoms with van der Waals surface area (Å²) in [4.78, 5) is 21.3. The first-order valence-corrected chi connectivity index (χ1v) is 14.2. The van der Waals surface area contributed by atoms with Crippen LogP contribution in [0.4, 0.5) is 9.18 Å². The Kier molecular flexibility index (Phi) is 7.05. The molecule has 2 aromatic heterocycles. The summed E-state index contributed by atoms with van der Waals surface area (Å²) in [5.74, 6) is 0.470. The molecule has 9 nitrogen and oxygen atoms in total. The highest BCUT2D eigenvalue weighted by atomic mass is 19.1. The predicted molar refractivity (Wildman–Crippen MR) is 153 cm³/mol. The number of aliphatic hydroxyl groups is 1. The lowest BCUT2D eigenvalue weighted by Gasteiger charge is -2.16. The van der Waals surface area contributed by atoms with Crippen molar-refractivity contribution in [2.24, 2.45) is 5.92 Å². The zero-order valence-corrected chi connectivity index (χ0v) is 23.2. The van der Waals surface area contributed by atoms with Gasteiger partial charge in [-0.1, -0.05) is 36.4 Å². The van der Waals surface area contributed by atoms with Gasteiger partial charge in [0, 0.05) is 36.2 Å². The Morgan fingerprint density at radius 1 is 1.05 bits per heavy atom. The molecule has 3 aliphatic rings. The zero-order chi connectivity index (χ0) is 28.8. The van der Waals surface area contributed by atoms with Crippen LogP contribution in [0.3, 0.4) is 0 Å². The van der Waals surface area contributed by atoms with Crippen molar-refractivity contribution in [3.8, 4) is 28.1 Å². The summed E-state index contributed by atoms with van der Waals surface area (Å²) in [5, 5.41) is 10.0. The van der Waals surface area contributed by atoms with Crippen LogP contribution in [0.5, 0.6) is 5.75 Å². The standard InChI is InChI=1S/C32H32FN3O6/c1-39-32(38)36-11-10-24(15-36)42-23-8-6-19(7-9-23)18-2-4-20(5-3-18)29-25(33)14-27-26(35-29)13-22(34-27)12-21-16-40-31-28(37)17-41-30(21)31/h2-9,13-14,21,24,28,30-31,34,37H,10-12,15-17H2,1H3/t21?,24?,28?,30-,31-/m1/s1. The second kappa shape index (κ2) is 11.0. The van der Waals surface area contributed by atoms with E-state index in [1.54, 1.807) is 4.90 Å². The average Bonchev–Trinajstić information content (AvgIpc) is 3.80. The SMILES string of the molecule is COC(=O)N1CCC(Oc2ccc(-c3ccc(-c4nc5cc(CC6CO[C@@H]7C(O)CO[C@H]67)[nH]c5cc4F)cc3)cc2)C1. The van der Waals surface area contributed by atoms with Crippen LogP contribution in [0.2, 0.25) is 0 Å². The van der Waals surface area contributed by atoms with Crippen molar-refractivity contribution in [1.29, 1.82) is 0 Å². The van der Waals surface area contributed by atoms with Crippen molar-refractivity contribution in [3.63, 3.8) is 0 Å². The van der Waals surface area contributed by atoms with Crippen molar-refractivity contribution in [3.05, 3.63) is 72.2 Å². The van der Waals surface area contributed by atoms with E-state index in [0.717, 1.165) is 29.0 Å². The minimum absolute atomic E-state index is 0.0653. The Balaban J connectivity index is 1.02. The van der Waals surface area contributed by atoms with Gasteiger partial charge in [-0.2, -0.15) is 0 Å². The minimum atomic E-state index is -0.579. The largest absolute Gasteiger partial charge is 0.489 e. The molecule has 1 amide bonds. The van der Waals surface area contributed by atoms with Gasteiger partial charge in [-0.15, -0.1) is 0 Å². The second-order valence-corrected chi connectivity index (χ2v) is 11.2. The third-order valence-electron chi connectivity index (χ3n) is 8.45. The number of rotatable bonds is 6. The third-order valence-corrected chi connectivity index (χ3v) is 8.45. The number of nitrogens with one attached hydrogen (secondary N) is 1. The Morgan fingerprint density at radius 2 is 1.76 bits per heavy atom. The van der Waals surface area contributed by atoms with Gasteiger partial charge in [0.1, 0.15) is 29.8 Å². The molecule has 0 spiro atoms. The molecule has 10 heteroatoms. The number of carbonyl (C=O) groups is 1. The number of carbonyl (C=O) groups excluding carboxylic acids is 1. The van der Waals surface area contributed by atoms with Crippen LogP contribution in [0.15, 0.2) is 60.7 Å². The van der Waals surface area contributed by atoms with Gasteiger partial charge in [0.05, 0.1) is 44.0 Å². The van der Waals surface area contributed by atoms with E-state index < -0.39 is 11.9 Å². The number of ether oxygens (including phenoxy) is 4. The molecule has 0 saturated carbocycles. The van der Waals surface area contributed by atoms with Crippen LogP contribution in [-0.4, -0.2) is 83.9 Å². The number of hydrogen-bond acceptors (Lipinski definition) is 7. The maximum Gasteiger partial charge on any atom is 0.409 e. The van der Waals surface area contributed by atoms with E-state index in [4.69, 9.17) is 18.9 Å². The maximum atomic E-state index is 15.2. The van der Waals surface area contributed by atoms with Gasteiger partial charge in [0.15, 0.2) is 5.82 Å². The fraction of sp³-hybridized carbons (Fsp3) is 0.375. The number of pyridine rings is 1. The highest BCUT2D eigenvalue weighted by Gasteiger charge is 2.46. The van der Waals surface area contributed by atoms with Crippen molar-refractivity contribution >= 4 is 17.1 Å². The van der Waals surface area contributed by atoms with Crippen molar-refractivity contribution < 1.29 is 33.2 Å². The van der Waals surface area contributed by atoms with Crippen LogP contribution < -0.4 is 4.74 Å². The molecule has 218 valence electrons. The van der Waals surface area contributed by atoms with Gasteiger partial charge in [0.2, 0.25) is 0 Å². The molecule has 42 heavy (non-hydrogen) atoms. The predicted octanol–water partition coefficient (Wildman–Crippen LogP) is 4.57. The number of hydrogen-bond donors (Lipinski definition) is 2. The van der Waals surface area contributed by atoms with Crippen LogP contribution in [0.25, 0.3) is 33.4 Å². The molecule has 2 N–H and O–H groups in total. The molecule has 7 rings (SSSR count). The first-order chi connectivity index (χ1) is 20.4. The summed E-state index contributed by atoms with van der Waals surface area (Å²) in [5.41, 5.74) is 5.26. The molecule has 5 atom stereocenters. The highest BCUT2D eigenvalue weighted by Crippen LogP contribution is 2.34. The van der Waals surface area contributed by atoms with Crippen LogP contribution in [0.1, 0.15) is 12.1 Å². The van der Waals surface area contributed by atoms with Gasteiger partial charge in [-0.25, -0.2) is 14.2 Å². The number of aromatic nitrogens is 2. The Bertz CT molecular complexity index is 1590. The van der Waals surface area contributed by atoms with E-state index in [1.165, 1.54) is 13.2 Å². The topological polar surface area (TPSA) is 106 Å². The van der Waals surface area contributed by atoms with E-state index in [1.807, 2.05) is 54.6 Å². The number of amides is 1. The summed E-state index contributed by atoms with van der Waals surface area (Å²) in [7, 11) is 1.38. The fourth-order valence-corrected chi connectivity index (χ4v) is 6.27. The lowest BCUT2D eigenvalue weighted by Crippen LogP contribution is -2.30.